The normalized spacial score (nSPS) is 21.4. The Morgan fingerprint density at radius 3 is 3.21 bits per heavy atom. The molecule has 1 amide bonds. The molecule has 2 atom stereocenters. The van der Waals surface area contributed by atoms with Crippen molar-refractivity contribution < 1.29 is 18.8 Å². The third kappa shape index (κ3) is 3.31. The molecule has 7 heteroatoms. The molecule has 0 aliphatic carbocycles. The van der Waals surface area contributed by atoms with E-state index < -0.39 is 0 Å². The van der Waals surface area contributed by atoms with Crippen LogP contribution in [0.3, 0.4) is 0 Å². The monoisotopic (exact) mass is 269 g/mol. The number of amides is 1. The van der Waals surface area contributed by atoms with Crippen molar-refractivity contribution in [3.63, 3.8) is 0 Å². The first-order chi connectivity index (χ1) is 9.11. The van der Waals surface area contributed by atoms with E-state index in [0.29, 0.717) is 32.1 Å². The molecule has 1 aromatic rings. The van der Waals surface area contributed by atoms with Gasteiger partial charge >= 0.3 is 0 Å². The molecule has 1 aliphatic heterocycles. The van der Waals surface area contributed by atoms with Gasteiger partial charge in [-0.15, -0.1) is 0 Å². The summed E-state index contributed by atoms with van der Waals surface area (Å²) < 4.78 is 15.4. The molecule has 2 unspecified atom stereocenters. The first-order valence-corrected chi connectivity index (χ1v) is 6.22. The molecule has 0 aromatic carbocycles. The maximum absolute atomic E-state index is 12.3. The number of rotatable bonds is 4. The average Bonchev–Trinajstić information content (AvgIpc) is 2.87. The van der Waals surface area contributed by atoms with Gasteiger partial charge in [0.15, 0.2) is 11.5 Å². The highest BCUT2D eigenvalue weighted by molar-refractivity contribution is 5.92. The van der Waals surface area contributed by atoms with E-state index in [2.05, 4.69) is 5.16 Å². The van der Waals surface area contributed by atoms with E-state index >= 15 is 0 Å². The van der Waals surface area contributed by atoms with Gasteiger partial charge in [0.1, 0.15) is 6.61 Å². The van der Waals surface area contributed by atoms with Crippen molar-refractivity contribution in [3.05, 3.63) is 17.5 Å². The number of carbonyl (C=O) groups excluding carboxylic acids is 1. The fourth-order valence-corrected chi connectivity index (χ4v) is 1.96. The maximum Gasteiger partial charge on any atom is 0.276 e. The average molecular weight is 269 g/mol. The summed E-state index contributed by atoms with van der Waals surface area (Å²) in [5, 5.41) is 3.76. The predicted molar refractivity (Wildman–Crippen MR) is 66.5 cm³/mol. The minimum Gasteiger partial charge on any atom is -0.377 e. The molecule has 0 saturated carbocycles. The van der Waals surface area contributed by atoms with Crippen LogP contribution in [0.5, 0.6) is 0 Å². The number of nitrogens with zero attached hydrogens (tertiary/aromatic N) is 2. The summed E-state index contributed by atoms with van der Waals surface area (Å²) in [7, 11) is 1.55. The van der Waals surface area contributed by atoms with Gasteiger partial charge in [0.2, 0.25) is 0 Å². The van der Waals surface area contributed by atoms with E-state index in [9.17, 15) is 4.79 Å². The minimum absolute atomic E-state index is 0.114. The second kappa shape index (κ2) is 6.14. The summed E-state index contributed by atoms with van der Waals surface area (Å²) in [5.74, 6) is 0.364. The Kier molecular flexibility index (Phi) is 4.52. The van der Waals surface area contributed by atoms with E-state index in [1.807, 2.05) is 6.92 Å². The zero-order chi connectivity index (χ0) is 13.8. The van der Waals surface area contributed by atoms with Gasteiger partial charge in [-0.1, -0.05) is 5.16 Å². The van der Waals surface area contributed by atoms with Crippen molar-refractivity contribution in [1.82, 2.24) is 10.1 Å². The van der Waals surface area contributed by atoms with E-state index in [-0.39, 0.29) is 23.7 Å². The number of carbonyl (C=O) groups is 1. The van der Waals surface area contributed by atoms with E-state index in [0.717, 1.165) is 0 Å². The second-order valence-corrected chi connectivity index (χ2v) is 4.63. The van der Waals surface area contributed by atoms with Crippen LogP contribution in [0.4, 0.5) is 0 Å². The lowest BCUT2D eigenvalue weighted by Crippen LogP contribution is -2.51. The van der Waals surface area contributed by atoms with Crippen LogP contribution in [0.15, 0.2) is 10.6 Å². The quantitative estimate of drug-likeness (QED) is 0.828. The Labute approximate surface area is 111 Å². The molecule has 1 aromatic heterocycles. The van der Waals surface area contributed by atoms with Crippen molar-refractivity contribution in [1.29, 1.82) is 0 Å². The number of morpholine rings is 1. The SMILES string of the molecule is COCc1cc(C(=O)N2CCOC(C(C)N)C2)no1. The first-order valence-electron chi connectivity index (χ1n) is 6.22. The summed E-state index contributed by atoms with van der Waals surface area (Å²) in [6, 6.07) is 1.49. The Balaban J connectivity index is 2.01. The van der Waals surface area contributed by atoms with Crippen LogP contribution >= 0.6 is 0 Å². The highest BCUT2D eigenvalue weighted by atomic mass is 16.5. The summed E-state index contributed by atoms with van der Waals surface area (Å²) >= 11 is 0. The standard InChI is InChI=1S/C12H19N3O4/c1-8(13)11-6-15(3-4-18-11)12(16)10-5-9(7-17-2)19-14-10/h5,8,11H,3-4,6-7,13H2,1-2H3. The number of nitrogens with two attached hydrogens (primary N) is 1. The minimum atomic E-state index is -0.167. The molecule has 1 fully saturated rings. The Morgan fingerprint density at radius 1 is 1.74 bits per heavy atom. The number of methoxy groups -OCH3 is 1. The lowest BCUT2D eigenvalue weighted by molar-refractivity contribution is -0.0302. The second-order valence-electron chi connectivity index (χ2n) is 4.63. The van der Waals surface area contributed by atoms with Crippen LogP contribution in [0, 0.1) is 0 Å². The Hall–Kier alpha value is -1.44. The fourth-order valence-electron chi connectivity index (χ4n) is 1.96. The number of hydrogen-bond donors (Lipinski definition) is 1. The summed E-state index contributed by atoms with van der Waals surface area (Å²) in [6.45, 7) is 3.66. The van der Waals surface area contributed by atoms with E-state index in [4.69, 9.17) is 19.7 Å². The number of ether oxygens (including phenoxy) is 2. The van der Waals surface area contributed by atoms with Gasteiger partial charge in [-0.05, 0) is 6.92 Å². The molecule has 2 N–H and O–H groups in total. The van der Waals surface area contributed by atoms with Crippen LogP contribution in [0.1, 0.15) is 23.2 Å². The van der Waals surface area contributed by atoms with E-state index in [1.54, 1.807) is 18.1 Å². The van der Waals surface area contributed by atoms with Crippen molar-refractivity contribution in [3.8, 4) is 0 Å². The largest absolute Gasteiger partial charge is 0.377 e. The van der Waals surface area contributed by atoms with Crippen LogP contribution < -0.4 is 5.73 Å². The van der Waals surface area contributed by atoms with Gasteiger partial charge in [-0.3, -0.25) is 4.79 Å². The molecule has 0 bridgehead atoms. The topological polar surface area (TPSA) is 90.8 Å². The predicted octanol–water partition coefficient (Wildman–Crippen LogP) is 0.00920. The van der Waals surface area contributed by atoms with E-state index in [1.165, 1.54) is 0 Å². The molecule has 0 radical (unpaired) electrons. The molecule has 1 saturated heterocycles. The van der Waals surface area contributed by atoms with Crippen molar-refractivity contribution in [2.75, 3.05) is 26.8 Å². The Morgan fingerprint density at radius 2 is 2.53 bits per heavy atom. The van der Waals surface area contributed by atoms with Gasteiger partial charge < -0.3 is 24.6 Å². The summed E-state index contributed by atoms with van der Waals surface area (Å²) in [4.78, 5) is 13.9. The molecule has 2 heterocycles. The molecule has 2 rings (SSSR count). The Bertz CT molecular complexity index is 432. The van der Waals surface area contributed by atoms with Crippen molar-refractivity contribution >= 4 is 5.91 Å². The van der Waals surface area contributed by atoms with Gasteiger partial charge in [0.05, 0.1) is 12.7 Å². The zero-order valence-electron chi connectivity index (χ0n) is 11.2. The molecule has 7 nitrogen and oxygen atoms in total. The highest BCUT2D eigenvalue weighted by Gasteiger charge is 2.28. The van der Waals surface area contributed by atoms with Crippen LogP contribution in [-0.4, -0.2) is 54.9 Å². The van der Waals surface area contributed by atoms with Crippen molar-refractivity contribution in [2.24, 2.45) is 5.73 Å². The zero-order valence-corrected chi connectivity index (χ0v) is 11.2. The smallest absolute Gasteiger partial charge is 0.276 e. The number of hydrogen-bond acceptors (Lipinski definition) is 6. The maximum atomic E-state index is 12.3. The van der Waals surface area contributed by atoms with Gasteiger partial charge in [0.25, 0.3) is 5.91 Å². The van der Waals surface area contributed by atoms with Crippen LogP contribution in [0.2, 0.25) is 0 Å². The summed E-state index contributed by atoms with van der Waals surface area (Å²) in [5.41, 5.74) is 6.09. The van der Waals surface area contributed by atoms with Gasteiger partial charge in [-0.2, -0.15) is 0 Å². The third-order valence-electron chi connectivity index (χ3n) is 3.03. The van der Waals surface area contributed by atoms with Crippen LogP contribution in [0.25, 0.3) is 0 Å². The molecule has 0 spiro atoms. The molecular formula is C12H19N3O4. The molecule has 1 aliphatic rings. The first kappa shape index (κ1) is 14.0. The third-order valence-corrected chi connectivity index (χ3v) is 3.03. The lowest BCUT2D eigenvalue weighted by Gasteiger charge is -2.34. The molecular weight excluding hydrogens is 250 g/mol. The summed E-state index contributed by atoms with van der Waals surface area (Å²) in [6.07, 6.45) is -0.136. The number of aromatic nitrogens is 1. The highest BCUT2D eigenvalue weighted by Crippen LogP contribution is 2.13. The molecule has 106 valence electrons. The fraction of sp³-hybridized carbons (Fsp3) is 0.667. The van der Waals surface area contributed by atoms with Gasteiger partial charge in [0, 0.05) is 32.3 Å². The van der Waals surface area contributed by atoms with Gasteiger partial charge in [-0.25, -0.2) is 0 Å². The van der Waals surface area contributed by atoms with Crippen molar-refractivity contribution in [2.45, 2.75) is 25.7 Å². The van der Waals surface area contributed by atoms with Crippen LogP contribution in [-0.2, 0) is 16.1 Å². The lowest BCUT2D eigenvalue weighted by atomic mass is 10.1. The molecule has 19 heavy (non-hydrogen) atoms.